The van der Waals surface area contributed by atoms with Crippen molar-refractivity contribution in [3.8, 4) is 0 Å². The number of anilines is 1. The fourth-order valence-corrected chi connectivity index (χ4v) is 4.28. The van der Waals surface area contributed by atoms with Gasteiger partial charge in [-0.1, -0.05) is 23.3 Å². The minimum absolute atomic E-state index is 0.124. The Labute approximate surface area is 139 Å². The molecule has 1 heterocycles. The van der Waals surface area contributed by atoms with Crippen LogP contribution >= 0.6 is 11.6 Å². The third kappa shape index (κ3) is 2.47. The highest BCUT2D eigenvalue weighted by atomic mass is 35.5. The number of nitrogens with zero attached hydrogens (tertiary/aromatic N) is 1. The molecule has 118 valence electrons. The fraction of sp³-hybridized carbons (Fsp3) is 0.333. The van der Waals surface area contributed by atoms with E-state index < -0.39 is 5.97 Å². The van der Waals surface area contributed by atoms with E-state index >= 15 is 0 Å². The first-order chi connectivity index (χ1) is 11.0. The molecule has 2 atom stereocenters. The Morgan fingerprint density at radius 3 is 3.00 bits per heavy atom. The molecule has 0 fully saturated rings. The van der Waals surface area contributed by atoms with E-state index in [4.69, 9.17) is 27.4 Å². The summed E-state index contributed by atoms with van der Waals surface area (Å²) in [5.74, 6) is -0.134. The summed E-state index contributed by atoms with van der Waals surface area (Å²) in [5.41, 5.74) is 11.2. The molecule has 2 bridgehead atoms. The Morgan fingerprint density at radius 1 is 1.39 bits per heavy atom. The number of carboxylic acid groups (broad SMARTS) is 1. The molecule has 0 aliphatic heterocycles. The van der Waals surface area contributed by atoms with Crippen molar-refractivity contribution in [3.05, 3.63) is 46.1 Å². The summed E-state index contributed by atoms with van der Waals surface area (Å²) in [4.78, 5) is 15.8. The molecule has 2 aliphatic carbocycles. The molecule has 5 heteroatoms. The Morgan fingerprint density at radius 2 is 2.22 bits per heavy atom. The van der Waals surface area contributed by atoms with Crippen LogP contribution in [0.15, 0.2) is 29.8 Å². The number of aromatic nitrogens is 1. The van der Waals surface area contributed by atoms with Crippen molar-refractivity contribution in [1.29, 1.82) is 0 Å². The highest BCUT2D eigenvalue weighted by Gasteiger charge is 2.34. The molecule has 2 unspecified atom stereocenters. The zero-order chi connectivity index (χ0) is 16.1. The van der Waals surface area contributed by atoms with Crippen LogP contribution in [0.1, 0.15) is 36.4 Å². The Balaban J connectivity index is 1.82. The van der Waals surface area contributed by atoms with Crippen molar-refractivity contribution in [2.24, 2.45) is 5.92 Å². The van der Waals surface area contributed by atoms with Gasteiger partial charge in [0.1, 0.15) is 0 Å². The predicted molar refractivity (Wildman–Crippen MR) is 90.7 cm³/mol. The first kappa shape index (κ1) is 14.5. The fourth-order valence-electron chi connectivity index (χ4n) is 4.11. The topological polar surface area (TPSA) is 76.2 Å². The van der Waals surface area contributed by atoms with Crippen LogP contribution in [0.3, 0.4) is 0 Å². The summed E-state index contributed by atoms with van der Waals surface area (Å²) in [6.07, 6.45) is 4.87. The lowest BCUT2D eigenvalue weighted by Gasteiger charge is -2.35. The van der Waals surface area contributed by atoms with Gasteiger partial charge in [0, 0.05) is 27.4 Å². The Kier molecular flexibility index (Phi) is 3.31. The second kappa shape index (κ2) is 5.24. The second-order valence-corrected chi connectivity index (χ2v) is 6.98. The lowest BCUT2D eigenvalue weighted by molar-refractivity contribution is -0.136. The van der Waals surface area contributed by atoms with Gasteiger partial charge in [-0.2, -0.15) is 0 Å². The third-order valence-electron chi connectivity index (χ3n) is 4.92. The van der Waals surface area contributed by atoms with Crippen molar-refractivity contribution >= 4 is 34.2 Å². The van der Waals surface area contributed by atoms with Gasteiger partial charge >= 0.3 is 5.97 Å². The standard InChI is InChI=1S/C18H17ClN2O2/c19-12-1-2-13-14(8-12)21-15-6-9-3-10(7-16(22)23)5-11(4-9)17(15)18(13)20/h1-3,8-9,11H,4-7H2,(H2,20,21)(H,22,23). The number of halogens is 1. The maximum atomic E-state index is 11.0. The van der Waals surface area contributed by atoms with E-state index in [1.165, 1.54) is 0 Å². The van der Waals surface area contributed by atoms with Gasteiger partial charge in [0.2, 0.25) is 0 Å². The number of nitrogen functional groups attached to an aromatic ring is 1. The van der Waals surface area contributed by atoms with Crippen LogP contribution < -0.4 is 5.73 Å². The van der Waals surface area contributed by atoms with Gasteiger partial charge in [0.05, 0.1) is 11.9 Å². The summed E-state index contributed by atoms with van der Waals surface area (Å²) in [7, 11) is 0. The smallest absolute Gasteiger partial charge is 0.307 e. The van der Waals surface area contributed by atoms with Crippen molar-refractivity contribution in [2.75, 3.05) is 5.73 Å². The Bertz CT molecular complexity index is 860. The average Bonchev–Trinajstić information content (AvgIpc) is 2.45. The van der Waals surface area contributed by atoms with E-state index in [9.17, 15) is 4.79 Å². The van der Waals surface area contributed by atoms with E-state index in [0.29, 0.717) is 10.9 Å². The Hall–Kier alpha value is -2.07. The lowest BCUT2D eigenvalue weighted by atomic mass is 9.70. The largest absolute Gasteiger partial charge is 0.481 e. The van der Waals surface area contributed by atoms with E-state index in [1.807, 2.05) is 18.2 Å². The van der Waals surface area contributed by atoms with Gasteiger partial charge in [0.25, 0.3) is 0 Å². The molecule has 23 heavy (non-hydrogen) atoms. The average molecular weight is 329 g/mol. The van der Waals surface area contributed by atoms with E-state index in [2.05, 4.69) is 6.08 Å². The summed E-state index contributed by atoms with van der Waals surface area (Å²) in [6, 6.07) is 5.60. The van der Waals surface area contributed by atoms with Crippen LogP contribution in [0, 0.1) is 5.92 Å². The number of nitrogens with two attached hydrogens (primary N) is 1. The maximum Gasteiger partial charge on any atom is 0.307 e. The quantitative estimate of drug-likeness (QED) is 0.819. The molecule has 4 rings (SSSR count). The maximum absolute atomic E-state index is 11.0. The predicted octanol–water partition coefficient (Wildman–Crippen LogP) is 3.92. The molecular weight excluding hydrogens is 312 g/mol. The van der Waals surface area contributed by atoms with Crippen molar-refractivity contribution in [3.63, 3.8) is 0 Å². The van der Waals surface area contributed by atoms with E-state index in [0.717, 1.165) is 52.7 Å². The molecule has 0 radical (unpaired) electrons. The van der Waals surface area contributed by atoms with Gasteiger partial charge in [-0.15, -0.1) is 0 Å². The monoisotopic (exact) mass is 328 g/mol. The van der Waals surface area contributed by atoms with Gasteiger partial charge in [0.15, 0.2) is 0 Å². The third-order valence-corrected chi connectivity index (χ3v) is 5.15. The normalized spacial score (nSPS) is 22.6. The lowest BCUT2D eigenvalue weighted by Crippen LogP contribution is -2.25. The molecule has 0 spiro atoms. The zero-order valence-electron chi connectivity index (χ0n) is 12.6. The molecule has 1 aromatic heterocycles. The van der Waals surface area contributed by atoms with Crippen molar-refractivity contribution < 1.29 is 9.90 Å². The number of pyridine rings is 1. The van der Waals surface area contributed by atoms with Crippen LogP contribution in [-0.4, -0.2) is 16.1 Å². The van der Waals surface area contributed by atoms with Gasteiger partial charge in [-0.25, -0.2) is 0 Å². The number of rotatable bonds is 2. The summed E-state index contributed by atoms with van der Waals surface area (Å²) >= 11 is 6.07. The SMILES string of the molecule is Nc1c2c(nc3cc(Cl)ccc13)CC1C=C(CC(=O)O)CC2C1. The minimum Gasteiger partial charge on any atom is -0.481 e. The van der Waals surface area contributed by atoms with E-state index in [-0.39, 0.29) is 12.3 Å². The molecule has 3 N–H and O–H groups in total. The molecule has 1 aromatic carbocycles. The number of hydrogen-bond donors (Lipinski definition) is 2. The number of hydrogen-bond acceptors (Lipinski definition) is 3. The number of carboxylic acids is 1. The zero-order valence-corrected chi connectivity index (χ0v) is 13.3. The molecule has 2 aromatic rings. The first-order valence-corrected chi connectivity index (χ1v) is 8.18. The van der Waals surface area contributed by atoms with Gasteiger partial charge in [-0.3, -0.25) is 9.78 Å². The minimum atomic E-state index is -0.768. The number of fused-ring (bicyclic) bond motifs is 5. The van der Waals surface area contributed by atoms with Crippen molar-refractivity contribution in [1.82, 2.24) is 4.98 Å². The number of benzene rings is 1. The van der Waals surface area contributed by atoms with Crippen LogP contribution in [0.4, 0.5) is 5.69 Å². The summed E-state index contributed by atoms with van der Waals surface area (Å²) in [6.45, 7) is 0. The van der Waals surface area contributed by atoms with Crippen LogP contribution in [0.2, 0.25) is 5.02 Å². The molecule has 0 saturated heterocycles. The van der Waals surface area contributed by atoms with Gasteiger partial charge < -0.3 is 10.8 Å². The van der Waals surface area contributed by atoms with Crippen LogP contribution in [0.5, 0.6) is 0 Å². The molecular formula is C18H17ClN2O2. The summed E-state index contributed by atoms with van der Waals surface area (Å²) in [5, 5.41) is 10.6. The molecule has 0 amide bonds. The highest BCUT2D eigenvalue weighted by molar-refractivity contribution is 6.31. The number of aliphatic carboxylic acids is 1. The molecule has 2 aliphatic rings. The van der Waals surface area contributed by atoms with Crippen LogP contribution in [-0.2, 0) is 11.2 Å². The van der Waals surface area contributed by atoms with Gasteiger partial charge in [-0.05, 0) is 49.3 Å². The number of allylic oxidation sites excluding steroid dienone is 1. The summed E-state index contributed by atoms with van der Waals surface area (Å²) < 4.78 is 0. The van der Waals surface area contributed by atoms with Crippen LogP contribution in [0.25, 0.3) is 10.9 Å². The second-order valence-electron chi connectivity index (χ2n) is 6.54. The van der Waals surface area contributed by atoms with E-state index in [1.54, 1.807) is 0 Å². The number of carbonyl (C=O) groups is 1. The molecule has 4 nitrogen and oxygen atoms in total. The molecule has 0 saturated carbocycles. The highest BCUT2D eigenvalue weighted by Crippen LogP contribution is 2.47. The van der Waals surface area contributed by atoms with Crippen molar-refractivity contribution in [2.45, 2.75) is 31.6 Å². The first-order valence-electron chi connectivity index (χ1n) is 7.80.